The van der Waals surface area contributed by atoms with Crippen molar-refractivity contribution in [3.05, 3.63) is 76.0 Å². The molecule has 2 N–H and O–H groups in total. The van der Waals surface area contributed by atoms with Crippen LogP contribution >= 0.6 is 11.3 Å². The van der Waals surface area contributed by atoms with Crippen molar-refractivity contribution in [2.45, 2.75) is 58.5 Å². The van der Waals surface area contributed by atoms with Crippen molar-refractivity contribution >= 4 is 34.7 Å². The summed E-state index contributed by atoms with van der Waals surface area (Å²) in [6, 6.07) is 15.2. The smallest absolute Gasteiger partial charge is 0.261 e. The molecule has 0 saturated heterocycles. The Labute approximate surface area is 240 Å². The Kier molecular flexibility index (Phi) is 10.3. The van der Waals surface area contributed by atoms with Crippen molar-refractivity contribution in [2.75, 3.05) is 25.7 Å². The van der Waals surface area contributed by atoms with Crippen molar-refractivity contribution in [2.24, 2.45) is 0 Å². The first-order valence-electron chi connectivity index (χ1n) is 13.3. The molecule has 2 atom stereocenters. The second-order valence-electron chi connectivity index (χ2n) is 10.6. The highest BCUT2D eigenvalue weighted by Gasteiger charge is 2.35. The molecule has 0 radical (unpaired) electrons. The zero-order valence-electron chi connectivity index (χ0n) is 24.2. The Bertz CT molecular complexity index is 1300. The second kappa shape index (κ2) is 13.5. The van der Waals surface area contributed by atoms with E-state index in [9.17, 15) is 14.4 Å². The molecular weight excluding hydrogens is 526 g/mol. The molecule has 214 valence electrons. The van der Waals surface area contributed by atoms with Gasteiger partial charge in [0.15, 0.2) is 11.5 Å². The molecule has 0 bridgehead atoms. The fraction of sp³-hybridized carbons (Fsp3) is 0.387. The summed E-state index contributed by atoms with van der Waals surface area (Å²) in [7, 11) is 3.05. The zero-order valence-corrected chi connectivity index (χ0v) is 25.1. The van der Waals surface area contributed by atoms with Crippen LogP contribution in [-0.4, -0.2) is 44.0 Å². The van der Waals surface area contributed by atoms with Gasteiger partial charge >= 0.3 is 0 Å². The highest BCUT2D eigenvalue weighted by molar-refractivity contribution is 7.12. The lowest BCUT2D eigenvalue weighted by Gasteiger charge is -2.34. The van der Waals surface area contributed by atoms with E-state index >= 15 is 0 Å². The van der Waals surface area contributed by atoms with Gasteiger partial charge in [0.1, 0.15) is 6.04 Å². The van der Waals surface area contributed by atoms with Gasteiger partial charge in [-0.3, -0.25) is 19.3 Å². The lowest BCUT2D eigenvalue weighted by atomic mass is 9.97. The van der Waals surface area contributed by atoms with Crippen LogP contribution < -0.4 is 25.0 Å². The molecule has 1 aromatic heterocycles. The number of hydrogen-bond donors (Lipinski definition) is 2. The van der Waals surface area contributed by atoms with Crippen LogP contribution in [0.1, 0.15) is 73.8 Å². The minimum atomic E-state index is -1.06. The third kappa shape index (κ3) is 7.63. The van der Waals surface area contributed by atoms with E-state index in [-0.39, 0.29) is 18.4 Å². The van der Waals surface area contributed by atoms with Crippen LogP contribution in [0.15, 0.2) is 60.0 Å². The monoisotopic (exact) mass is 565 g/mol. The quantitative estimate of drug-likeness (QED) is 0.311. The Morgan fingerprint density at radius 2 is 1.60 bits per heavy atom. The maximum atomic E-state index is 13.9. The fourth-order valence-electron chi connectivity index (χ4n) is 4.25. The summed E-state index contributed by atoms with van der Waals surface area (Å²) < 4.78 is 10.9. The van der Waals surface area contributed by atoms with Gasteiger partial charge in [-0.25, -0.2) is 0 Å². The summed E-state index contributed by atoms with van der Waals surface area (Å²) in [6.45, 7) is 9.60. The summed E-state index contributed by atoms with van der Waals surface area (Å²) in [5, 5.41) is 7.53. The Balaban J connectivity index is 2.11. The predicted molar refractivity (Wildman–Crippen MR) is 159 cm³/mol. The Morgan fingerprint density at radius 3 is 2.15 bits per heavy atom. The van der Waals surface area contributed by atoms with Gasteiger partial charge in [-0.2, -0.15) is 0 Å². The van der Waals surface area contributed by atoms with Crippen molar-refractivity contribution in [1.29, 1.82) is 0 Å². The summed E-state index contributed by atoms with van der Waals surface area (Å²) in [5.74, 6) is 0.111. The van der Waals surface area contributed by atoms with E-state index in [1.807, 2.05) is 45.0 Å². The molecule has 8 nitrogen and oxygen atoms in total. The van der Waals surface area contributed by atoms with Crippen LogP contribution in [0, 0.1) is 0 Å². The van der Waals surface area contributed by atoms with E-state index in [2.05, 4.69) is 24.5 Å². The van der Waals surface area contributed by atoms with Crippen molar-refractivity contribution < 1.29 is 23.9 Å². The normalized spacial score (nSPS) is 12.7. The van der Waals surface area contributed by atoms with Gasteiger partial charge in [0, 0.05) is 11.2 Å². The molecule has 0 aliphatic carbocycles. The van der Waals surface area contributed by atoms with E-state index in [0.29, 0.717) is 33.5 Å². The SMILES string of the molecule is CC[C@@H](C)c1ccc(N(C(=O)CNC(=O)c2cccs2)[C@H](C(=O)NC(C)(C)C)c2ccc(OC)c(OC)c2)cc1. The van der Waals surface area contributed by atoms with Crippen LogP contribution in [0.3, 0.4) is 0 Å². The number of rotatable bonds is 11. The number of ether oxygens (including phenoxy) is 2. The molecule has 3 aromatic rings. The standard InChI is InChI=1S/C31H39N3O5S/c1-8-20(2)21-11-14-23(15-12-21)34(27(35)19-32-29(36)26-10-9-17-40-26)28(30(37)33-31(3,4)5)22-13-16-24(38-6)25(18-22)39-7/h9-18,20,28H,8,19H2,1-7H3,(H,32,36)(H,33,37)/t20-,28+/m1/s1. The molecule has 0 unspecified atom stereocenters. The molecule has 3 rings (SSSR count). The maximum absolute atomic E-state index is 13.9. The topological polar surface area (TPSA) is 97.0 Å². The van der Waals surface area contributed by atoms with Gasteiger partial charge in [-0.05, 0) is 79.9 Å². The molecule has 0 aliphatic rings. The molecule has 2 aromatic carbocycles. The third-order valence-corrected chi connectivity index (χ3v) is 7.36. The number of benzene rings is 2. The van der Waals surface area contributed by atoms with E-state index in [1.165, 1.54) is 30.5 Å². The van der Waals surface area contributed by atoms with Crippen molar-refractivity contribution in [1.82, 2.24) is 10.6 Å². The fourth-order valence-corrected chi connectivity index (χ4v) is 4.89. The summed E-state index contributed by atoms with van der Waals surface area (Å²) >= 11 is 1.29. The van der Waals surface area contributed by atoms with Crippen LogP contribution in [0.4, 0.5) is 5.69 Å². The van der Waals surface area contributed by atoms with Gasteiger partial charge in [-0.1, -0.05) is 38.1 Å². The Hall–Kier alpha value is -3.85. The summed E-state index contributed by atoms with van der Waals surface area (Å²) in [6.07, 6.45) is 0.971. The molecule has 9 heteroatoms. The lowest BCUT2D eigenvalue weighted by Crippen LogP contribution is -2.51. The molecular formula is C31H39N3O5S. The number of carbonyl (C=O) groups excluding carboxylic acids is 3. The van der Waals surface area contributed by atoms with Crippen LogP contribution in [0.2, 0.25) is 0 Å². The highest BCUT2D eigenvalue weighted by Crippen LogP contribution is 2.35. The van der Waals surface area contributed by atoms with Crippen LogP contribution in [0.25, 0.3) is 0 Å². The first-order chi connectivity index (χ1) is 19.0. The number of carbonyl (C=O) groups is 3. The predicted octanol–water partition coefficient (Wildman–Crippen LogP) is 5.70. The number of amides is 3. The van der Waals surface area contributed by atoms with Crippen molar-refractivity contribution in [3.8, 4) is 11.5 Å². The second-order valence-corrected chi connectivity index (χ2v) is 11.5. The minimum absolute atomic E-state index is 0.295. The lowest BCUT2D eigenvalue weighted by molar-refractivity contribution is -0.127. The van der Waals surface area contributed by atoms with Gasteiger partial charge in [0.2, 0.25) is 11.8 Å². The Morgan fingerprint density at radius 1 is 0.950 bits per heavy atom. The average Bonchev–Trinajstić information content (AvgIpc) is 3.48. The first-order valence-corrected chi connectivity index (χ1v) is 14.1. The highest BCUT2D eigenvalue weighted by atomic mass is 32.1. The van der Waals surface area contributed by atoms with Gasteiger partial charge in [0.25, 0.3) is 5.91 Å². The van der Waals surface area contributed by atoms with Crippen LogP contribution in [-0.2, 0) is 9.59 Å². The van der Waals surface area contributed by atoms with E-state index in [4.69, 9.17) is 9.47 Å². The number of nitrogens with zero attached hydrogens (tertiary/aromatic N) is 1. The number of anilines is 1. The summed E-state index contributed by atoms with van der Waals surface area (Å²) in [4.78, 5) is 42.4. The van der Waals surface area contributed by atoms with E-state index in [0.717, 1.165) is 12.0 Å². The molecule has 0 saturated carbocycles. The van der Waals surface area contributed by atoms with Crippen molar-refractivity contribution in [3.63, 3.8) is 0 Å². The largest absolute Gasteiger partial charge is 0.493 e. The molecule has 1 heterocycles. The van der Waals surface area contributed by atoms with Gasteiger partial charge < -0.3 is 20.1 Å². The number of hydrogen-bond acceptors (Lipinski definition) is 6. The third-order valence-electron chi connectivity index (χ3n) is 6.49. The average molecular weight is 566 g/mol. The zero-order chi connectivity index (χ0) is 29.4. The van der Waals surface area contributed by atoms with E-state index < -0.39 is 17.5 Å². The summed E-state index contributed by atoms with van der Waals surface area (Å²) in [5.41, 5.74) is 1.63. The molecule has 0 fully saturated rings. The molecule has 0 spiro atoms. The molecule has 3 amide bonds. The number of nitrogens with one attached hydrogen (secondary N) is 2. The first kappa shape index (κ1) is 30.7. The minimum Gasteiger partial charge on any atom is -0.493 e. The van der Waals surface area contributed by atoms with Crippen LogP contribution in [0.5, 0.6) is 11.5 Å². The van der Waals surface area contributed by atoms with E-state index in [1.54, 1.807) is 35.7 Å². The molecule has 0 aliphatic heterocycles. The number of methoxy groups -OCH3 is 2. The maximum Gasteiger partial charge on any atom is 0.261 e. The van der Waals surface area contributed by atoms with Gasteiger partial charge in [0.05, 0.1) is 25.6 Å². The molecule has 40 heavy (non-hydrogen) atoms. The van der Waals surface area contributed by atoms with Gasteiger partial charge in [-0.15, -0.1) is 11.3 Å². The number of thiophene rings is 1.